The third kappa shape index (κ3) is 3.27. The van der Waals surface area contributed by atoms with Crippen LogP contribution in [0.3, 0.4) is 0 Å². The molecule has 2 rings (SSSR count). The van der Waals surface area contributed by atoms with Crippen molar-refractivity contribution >= 4 is 5.91 Å². The van der Waals surface area contributed by atoms with Crippen LogP contribution in [0.25, 0.3) is 0 Å². The molecule has 2 nitrogen and oxygen atoms in total. The summed E-state index contributed by atoms with van der Waals surface area (Å²) in [7, 11) is 0. The minimum atomic E-state index is -0.861. The summed E-state index contributed by atoms with van der Waals surface area (Å²) in [5.41, 5.74) is 2.60. The normalized spacial score (nSPS) is 12.0. The van der Waals surface area contributed by atoms with E-state index in [-0.39, 0.29) is 6.04 Å². The van der Waals surface area contributed by atoms with Crippen molar-refractivity contribution in [3.05, 3.63) is 70.3 Å². The number of carbonyl (C=O) groups excluding carboxylic acids is 1. The van der Waals surface area contributed by atoms with Crippen molar-refractivity contribution in [2.75, 3.05) is 0 Å². The Hall–Kier alpha value is -2.23. The molecule has 0 radical (unpaired) electrons. The fourth-order valence-corrected chi connectivity index (χ4v) is 2.10. The number of hydrogen-bond acceptors (Lipinski definition) is 1. The number of rotatable bonds is 3. The van der Waals surface area contributed by atoms with Gasteiger partial charge in [-0.05, 0) is 49.6 Å². The second-order valence-corrected chi connectivity index (χ2v) is 5.14. The van der Waals surface area contributed by atoms with Gasteiger partial charge in [0, 0.05) is 0 Å². The zero-order valence-corrected chi connectivity index (χ0v) is 12.2. The van der Waals surface area contributed by atoms with Crippen LogP contribution >= 0.6 is 0 Å². The van der Waals surface area contributed by atoms with Crippen molar-refractivity contribution < 1.29 is 13.6 Å². The average Bonchev–Trinajstić information content (AvgIpc) is 2.41. The Labute approximate surface area is 122 Å². The number of benzene rings is 2. The van der Waals surface area contributed by atoms with E-state index in [1.807, 2.05) is 32.0 Å². The van der Waals surface area contributed by atoms with Crippen molar-refractivity contribution in [1.29, 1.82) is 0 Å². The Morgan fingerprint density at radius 3 is 2.24 bits per heavy atom. The molecular weight excluding hydrogens is 272 g/mol. The predicted octanol–water partition coefficient (Wildman–Crippen LogP) is 4.07. The van der Waals surface area contributed by atoms with Crippen LogP contribution in [0.2, 0.25) is 0 Å². The maximum absolute atomic E-state index is 13.6. The van der Waals surface area contributed by atoms with E-state index in [2.05, 4.69) is 5.32 Å². The topological polar surface area (TPSA) is 29.1 Å². The molecule has 2 aromatic carbocycles. The van der Waals surface area contributed by atoms with Gasteiger partial charge in [0.2, 0.25) is 0 Å². The van der Waals surface area contributed by atoms with Crippen LogP contribution in [0.15, 0.2) is 36.4 Å². The molecule has 0 heterocycles. The smallest absolute Gasteiger partial charge is 0.257 e. The molecule has 0 saturated carbocycles. The Balaban J connectivity index is 2.21. The van der Waals surface area contributed by atoms with Crippen LogP contribution in [0.5, 0.6) is 0 Å². The molecule has 0 saturated heterocycles. The van der Waals surface area contributed by atoms with Gasteiger partial charge in [0.25, 0.3) is 5.91 Å². The lowest BCUT2D eigenvalue weighted by atomic mass is 10.0. The minimum absolute atomic E-state index is 0.337. The van der Waals surface area contributed by atoms with Gasteiger partial charge < -0.3 is 5.32 Å². The van der Waals surface area contributed by atoms with Gasteiger partial charge in [-0.1, -0.05) is 24.3 Å². The van der Waals surface area contributed by atoms with Gasteiger partial charge in [0.1, 0.15) is 17.2 Å². The standard InChI is InChI=1S/C17H17F2NO/c1-10-7-8-13(9-11(10)2)12(3)20-17(21)16-14(18)5-4-6-15(16)19/h4-9,12H,1-3H3,(H,20,21)/t12-/m1/s1. The summed E-state index contributed by atoms with van der Waals surface area (Å²) in [5, 5.41) is 2.62. The van der Waals surface area contributed by atoms with Gasteiger partial charge in [0.05, 0.1) is 6.04 Å². The van der Waals surface area contributed by atoms with E-state index in [4.69, 9.17) is 0 Å². The minimum Gasteiger partial charge on any atom is -0.345 e. The van der Waals surface area contributed by atoms with Crippen LogP contribution in [-0.4, -0.2) is 5.91 Å². The van der Waals surface area contributed by atoms with Crippen molar-refractivity contribution in [2.45, 2.75) is 26.8 Å². The molecule has 0 unspecified atom stereocenters. The summed E-state index contributed by atoms with van der Waals surface area (Å²) in [6.07, 6.45) is 0. The van der Waals surface area contributed by atoms with Gasteiger partial charge >= 0.3 is 0 Å². The van der Waals surface area contributed by atoms with Crippen molar-refractivity contribution in [1.82, 2.24) is 5.32 Å². The Morgan fingerprint density at radius 2 is 1.67 bits per heavy atom. The van der Waals surface area contributed by atoms with Crippen LogP contribution in [0.1, 0.15) is 40.0 Å². The average molecular weight is 289 g/mol. The molecule has 0 fully saturated rings. The number of hydrogen-bond donors (Lipinski definition) is 1. The van der Waals surface area contributed by atoms with E-state index in [9.17, 15) is 13.6 Å². The number of amides is 1. The fourth-order valence-electron chi connectivity index (χ4n) is 2.10. The molecule has 21 heavy (non-hydrogen) atoms. The van der Waals surface area contributed by atoms with Crippen LogP contribution < -0.4 is 5.32 Å². The quantitative estimate of drug-likeness (QED) is 0.906. The van der Waals surface area contributed by atoms with Gasteiger partial charge in [-0.3, -0.25) is 4.79 Å². The number of carbonyl (C=O) groups is 1. The lowest BCUT2D eigenvalue weighted by Crippen LogP contribution is -2.28. The zero-order valence-electron chi connectivity index (χ0n) is 12.2. The van der Waals surface area contributed by atoms with Gasteiger partial charge in [-0.2, -0.15) is 0 Å². The maximum Gasteiger partial charge on any atom is 0.257 e. The molecular formula is C17H17F2NO. The van der Waals surface area contributed by atoms with Crippen LogP contribution in [0.4, 0.5) is 8.78 Å². The molecule has 1 amide bonds. The Kier molecular flexibility index (Phi) is 4.36. The van der Waals surface area contributed by atoms with Crippen molar-refractivity contribution in [2.24, 2.45) is 0 Å². The molecule has 4 heteroatoms. The van der Waals surface area contributed by atoms with E-state index >= 15 is 0 Å². The first kappa shape index (κ1) is 15.2. The van der Waals surface area contributed by atoms with E-state index in [1.165, 1.54) is 6.07 Å². The molecule has 2 aromatic rings. The van der Waals surface area contributed by atoms with Crippen molar-refractivity contribution in [3.63, 3.8) is 0 Å². The highest BCUT2D eigenvalue weighted by molar-refractivity contribution is 5.95. The largest absolute Gasteiger partial charge is 0.345 e. The van der Waals surface area contributed by atoms with Crippen LogP contribution in [-0.2, 0) is 0 Å². The summed E-state index contributed by atoms with van der Waals surface area (Å²) in [6, 6.07) is 8.83. The van der Waals surface area contributed by atoms with E-state index < -0.39 is 23.1 Å². The van der Waals surface area contributed by atoms with Gasteiger partial charge in [-0.25, -0.2) is 8.78 Å². The molecule has 0 aliphatic heterocycles. The maximum atomic E-state index is 13.6. The lowest BCUT2D eigenvalue weighted by Gasteiger charge is -2.16. The molecule has 1 atom stereocenters. The first-order chi connectivity index (χ1) is 9.90. The molecule has 0 aliphatic carbocycles. The second kappa shape index (κ2) is 6.04. The number of aryl methyl sites for hydroxylation is 2. The Bertz CT molecular complexity index is 662. The molecule has 0 aromatic heterocycles. The summed E-state index contributed by atoms with van der Waals surface area (Å²) < 4.78 is 27.1. The summed E-state index contributed by atoms with van der Waals surface area (Å²) in [5.74, 6) is -2.48. The van der Waals surface area contributed by atoms with E-state index in [1.54, 1.807) is 6.92 Å². The second-order valence-electron chi connectivity index (χ2n) is 5.14. The molecule has 0 aliphatic rings. The third-order valence-corrected chi connectivity index (χ3v) is 3.57. The summed E-state index contributed by atoms with van der Waals surface area (Å²) in [4.78, 5) is 12.0. The van der Waals surface area contributed by atoms with E-state index in [0.717, 1.165) is 28.8 Å². The first-order valence-electron chi connectivity index (χ1n) is 6.72. The molecule has 0 spiro atoms. The monoisotopic (exact) mass is 289 g/mol. The van der Waals surface area contributed by atoms with Crippen LogP contribution in [0, 0.1) is 25.5 Å². The van der Waals surface area contributed by atoms with Gasteiger partial charge in [0.15, 0.2) is 0 Å². The molecule has 1 N–H and O–H groups in total. The Morgan fingerprint density at radius 1 is 1.05 bits per heavy atom. The summed E-state index contributed by atoms with van der Waals surface area (Å²) >= 11 is 0. The van der Waals surface area contributed by atoms with E-state index in [0.29, 0.717) is 0 Å². The highest BCUT2D eigenvalue weighted by atomic mass is 19.1. The third-order valence-electron chi connectivity index (χ3n) is 3.57. The van der Waals surface area contributed by atoms with Crippen molar-refractivity contribution in [3.8, 4) is 0 Å². The zero-order chi connectivity index (χ0) is 15.6. The number of halogens is 2. The predicted molar refractivity (Wildman–Crippen MR) is 78.2 cm³/mol. The highest BCUT2D eigenvalue weighted by Crippen LogP contribution is 2.18. The number of nitrogens with one attached hydrogen (secondary N) is 1. The molecule has 0 bridgehead atoms. The summed E-state index contributed by atoms with van der Waals surface area (Å²) in [6.45, 7) is 5.75. The molecule has 110 valence electrons. The lowest BCUT2D eigenvalue weighted by molar-refractivity contribution is 0.0931. The van der Waals surface area contributed by atoms with Gasteiger partial charge in [-0.15, -0.1) is 0 Å². The fraction of sp³-hybridized carbons (Fsp3) is 0.235. The highest BCUT2D eigenvalue weighted by Gasteiger charge is 2.19. The first-order valence-corrected chi connectivity index (χ1v) is 6.72. The SMILES string of the molecule is Cc1ccc([C@@H](C)NC(=O)c2c(F)cccc2F)cc1C.